The molecule has 2 saturated carbocycles. The Morgan fingerprint density at radius 1 is 1.00 bits per heavy atom. The Hall–Kier alpha value is -2.66. The average molecular weight is 446 g/mol. The van der Waals surface area contributed by atoms with Crippen molar-refractivity contribution in [3.05, 3.63) is 54.4 Å². The van der Waals surface area contributed by atoms with Gasteiger partial charge in [0.2, 0.25) is 5.91 Å². The van der Waals surface area contributed by atoms with Crippen LogP contribution in [0.3, 0.4) is 0 Å². The molecule has 0 saturated heterocycles. The van der Waals surface area contributed by atoms with Crippen molar-refractivity contribution in [2.75, 3.05) is 0 Å². The van der Waals surface area contributed by atoms with Crippen molar-refractivity contribution < 1.29 is 9.21 Å². The maximum Gasteiger partial charge on any atom is 0.220 e. The van der Waals surface area contributed by atoms with E-state index in [9.17, 15) is 4.79 Å². The zero-order valence-electron chi connectivity index (χ0n) is 19.4. The monoisotopic (exact) mass is 445 g/mol. The lowest BCUT2D eigenvalue weighted by Crippen LogP contribution is -2.50. The molecule has 0 bridgehead atoms. The highest BCUT2D eigenvalue weighted by Crippen LogP contribution is 2.42. The Morgan fingerprint density at radius 3 is 2.58 bits per heavy atom. The standard InChI is InChI=1S/C28H35N3O2/c29-22-11-5-6-12-23(22)30-26(32)18-28(15-7-2-8-16-28)19-27-31-24-17-21(13-14-25(24)33-27)20-9-3-1-4-10-20/h1,3-4,9-10,13-14,17,22-23H,2,5-8,11-12,15-16,18-19,29H2,(H,30,32). The summed E-state index contributed by atoms with van der Waals surface area (Å²) < 4.78 is 6.17. The molecular formula is C28H35N3O2. The summed E-state index contributed by atoms with van der Waals surface area (Å²) in [5.41, 5.74) is 10.2. The molecule has 2 aliphatic rings. The molecule has 1 amide bonds. The molecule has 3 aromatic rings. The molecular weight excluding hydrogens is 410 g/mol. The van der Waals surface area contributed by atoms with Crippen molar-refractivity contribution in [2.45, 2.75) is 82.7 Å². The Bertz CT molecular complexity index is 1080. The van der Waals surface area contributed by atoms with Gasteiger partial charge in [-0.15, -0.1) is 0 Å². The van der Waals surface area contributed by atoms with E-state index in [0.717, 1.165) is 67.5 Å². The van der Waals surface area contributed by atoms with E-state index in [-0.39, 0.29) is 23.4 Å². The van der Waals surface area contributed by atoms with E-state index in [1.807, 2.05) is 24.3 Å². The first kappa shape index (κ1) is 22.1. The van der Waals surface area contributed by atoms with Gasteiger partial charge >= 0.3 is 0 Å². The zero-order valence-corrected chi connectivity index (χ0v) is 19.4. The summed E-state index contributed by atoms with van der Waals surface area (Å²) in [5, 5.41) is 3.26. The fourth-order valence-corrected chi connectivity index (χ4v) is 5.84. The average Bonchev–Trinajstić information content (AvgIpc) is 3.22. The number of fused-ring (bicyclic) bond motifs is 1. The number of nitrogens with one attached hydrogen (secondary N) is 1. The third-order valence-corrected chi connectivity index (χ3v) is 7.68. The Balaban J connectivity index is 1.33. The van der Waals surface area contributed by atoms with Gasteiger partial charge in [0.25, 0.3) is 0 Å². The number of carbonyl (C=O) groups excluding carboxylic acids is 1. The second kappa shape index (κ2) is 9.68. The van der Waals surface area contributed by atoms with Crippen LogP contribution in [0.5, 0.6) is 0 Å². The number of hydrogen-bond donors (Lipinski definition) is 2. The molecule has 5 nitrogen and oxygen atoms in total. The van der Waals surface area contributed by atoms with Gasteiger partial charge in [-0.1, -0.05) is 68.5 Å². The van der Waals surface area contributed by atoms with E-state index in [0.29, 0.717) is 12.8 Å². The Labute approximate surface area is 196 Å². The van der Waals surface area contributed by atoms with Crippen LogP contribution in [0.15, 0.2) is 52.9 Å². The highest BCUT2D eigenvalue weighted by molar-refractivity contribution is 5.80. The van der Waals surface area contributed by atoms with Crippen LogP contribution in [-0.4, -0.2) is 23.0 Å². The first-order valence-corrected chi connectivity index (χ1v) is 12.6. The number of oxazole rings is 1. The smallest absolute Gasteiger partial charge is 0.220 e. The quantitative estimate of drug-likeness (QED) is 0.505. The highest BCUT2D eigenvalue weighted by atomic mass is 16.3. The van der Waals surface area contributed by atoms with Gasteiger partial charge in [-0.3, -0.25) is 4.79 Å². The lowest BCUT2D eigenvalue weighted by atomic mass is 9.69. The highest BCUT2D eigenvalue weighted by Gasteiger charge is 2.37. The van der Waals surface area contributed by atoms with Crippen LogP contribution in [0.25, 0.3) is 22.2 Å². The summed E-state index contributed by atoms with van der Waals surface area (Å²) in [6.07, 6.45) is 11.2. The van der Waals surface area contributed by atoms with Gasteiger partial charge in [-0.05, 0) is 54.4 Å². The largest absolute Gasteiger partial charge is 0.441 e. The van der Waals surface area contributed by atoms with E-state index in [4.69, 9.17) is 15.1 Å². The van der Waals surface area contributed by atoms with Gasteiger partial charge in [-0.25, -0.2) is 4.98 Å². The summed E-state index contributed by atoms with van der Waals surface area (Å²) in [5.74, 6) is 0.890. The van der Waals surface area contributed by atoms with Gasteiger partial charge in [0.15, 0.2) is 11.5 Å². The molecule has 2 unspecified atom stereocenters. The molecule has 2 aromatic carbocycles. The molecule has 2 fully saturated rings. The number of nitrogens with two attached hydrogens (primary N) is 1. The molecule has 33 heavy (non-hydrogen) atoms. The molecule has 5 rings (SSSR count). The van der Waals surface area contributed by atoms with Crippen molar-refractivity contribution >= 4 is 17.0 Å². The normalized spacial score (nSPS) is 22.8. The number of nitrogens with zero attached hydrogens (tertiary/aromatic N) is 1. The second-order valence-electron chi connectivity index (χ2n) is 10.2. The second-order valence-corrected chi connectivity index (χ2v) is 10.2. The lowest BCUT2D eigenvalue weighted by Gasteiger charge is -2.37. The molecule has 1 aromatic heterocycles. The van der Waals surface area contributed by atoms with Crippen molar-refractivity contribution in [3.8, 4) is 11.1 Å². The van der Waals surface area contributed by atoms with Crippen LogP contribution in [0.1, 0.15) is 70.1 Å². The van der Waals surface area contributed by atoms with Crippen molar-refractivity contribution in [1.82, 2.24) is 10.3 Å². The van der Waals surface area contributed by atoms with Crippen LogP contribution in [0.2, 0.25) is 0 Å². The third kappa shape index (κ3) is 5.14. The molecule has 3 N–H and O–H groups in total. The summed E-state index contributed by atoms with van der Waals surface area (Å²) in [7, 11) is 0. The fourth-order valence-electron chi connectivity index (χ4n) is 5.84. The van der Waals surface area contributed by atoms with Crippen LogP contribution in [0, 0.1) is 5.41 Å². The molecule has 0 spiro atoms. The molecule has 2 aliphatic carbocycles. The van der Waals surface area contributed by atoms with Gasteiger partial charge in [0.05, 0.1) is 0 Å². The first-order chi connectivity index (χ1) is 16.1. The maximum absolute atomic E-state index is 13.1. The van der Waals surface area contributed by atoms with Crippen molar-refractivity contribution in [3.63, 3.8) is 0 Å². The number of rotatable bonds is 6. The van der Waals surface area contributed by atoms with Gasteiger partial charge in [-0.2, -0.15) is 0 Å². The molecule has 5 heteroatoms. The summed E-state index contributed by atoms with van der Waals surface area (Å²) in [6.45, 7) is 0. The zero-order chi connectivity index (χ0) is 22.7. The van der Waals surface area contributed by atoms with Gasteiger partial charge < -0.3 is 15.5 Å². The number of amides is 1. The number of benzene rings is 2. The van der Waals surface area contributed by atoms with Crippen LogP contribution >= 0.6 is 0 Å². The lowest BCUT2D eigenvalue weighted by molar-refractivity contribution is -0.125. The topological polar surface area (TPSA) is 81.1 Å². The molecule has 174 valence electrons. The van der Waals surface area contributed by atoms with Crippen LogP contribution in [0.4, 0.5) is 0 Å². The molecule has 2 atom stereocenters. The van der Waals surface area contributed by atoms with Crippen LogP contribution < -0.4 is 11.1 Å². The third-order valence-electron chi connectivity index (χ3n) is 7.68. The van der Waals surface area contributed by atoms with Crippen molar-refractivity contribution in [1.29, 1.82) is 0 Å². The maximum atomic E-state index is 13.1. The van der Waals surface area contributed by atoms with E-state index in [1.165, 1.54) is 18.4 Å². The minimum atomic E-state index is -0.0791. The first-order valence-electron chi connectivity index (χ1n) is 12.6. The number of carbonyl (C=O) groups is 1. The summed E-state index contributed by atoms with van der Waals surface area (Å²) in [4.78, 5) is 17.9. The Kier molecular flexibility index (Phi) is 6.50. The van der Waals surface area contributed by atoms with E-state index in [1.54, 1.807) is 0 Å². The van der Waals surface area contributed by atoms with E-state index < -0.39 is 0 Å². The summed E-state index contributed by atoms with van der Waals surface area (Å²) >= 11 is 0. The predicted octanol–water partition coefficient (Wildman–Crippen LogP) is 5.76. The summed E-state index contributed by atoms with van der Waals surface area (Å²) in [6, 6.07) is 16.7. The molecule has 0 radical (unpaired) electrons. The molecule has 0 aliphatic heterocycles. The SMILES string of the molecule is NC1CCCCC1NC(=O)CC1(Cc2nc3cc(-c4ccccc4)ccc3o2)CCCCC1. The number of aromatic nitrogens is 1. The molecule has 1 heterocycles. The van der Waals surface area contributed by atoms with E-state index >= 15 is 0 Å². The minimum absolute atomic E-state index is 0.0791. The number of hydrogen-bond acceptors (Lipinski definition) is 4. The van der Waals surface area contributed by atoms with Crippen LogP contribution in [-0.2, 0) is 11.2 Å². The fraction of sp³-hybridized carbons (Fsp3) is 0.500. The predicted molar refractivity (Wildman–Crippen MR) is 132 cm³/mol. The minimum Gasteiger partial charge on any atom is -0.441 e. The van der Waals surface area contributed by atoms with Crippen molar-refractivity contribution in [2.24, 2.45) is 11.1 Å². The van der Waals surface area contributed by atoms with Gasteiger partial charge in [0, 0.05) is 24.9 Å². The van der Waals surface area contributed by atoms with Gasteiger partial charge in [0.1, 0.15) is 5.52 Å². The van der Waals surface area contributed by atoms with E-state index in [2.05, 4.69) is 29.6 Å². The Morgan fingerprint density at radius 2 is 1.79 bits per heavy atom.